The molecular weight excluding hydrogens is 320 g/mol. The fraction of sp³-hybridized carbons (Fsp3) is 0.333. The molecule has 23 heavy (non-hydrogen) atoms. The molecule has 7 nitrogen and oxygen atoms in total. The van der Waals surface area contributed by atoms with E-state index in [0.29, 0.717) is 22.2 Å². The fourth-order valence-electron chi connectivity index (χ4n) is 2.22. The molecule has 1 aromatic carbocycles. The van der Waals surface area contributed by atoms with Gasteiger partial charge in [0.1, 0.15) is 5.58 Å². The second kappa shape index (κ2) is 6.13. The molecule has 0 fully saturated rings. The van der Waals surface area contributed by atoms with Crippen LogP contribution in [-0.4, -0.2) is 26.6 Å². The van der Waals surface area contributed by atoms with Gasteiger partial charge in [-0.1, -0.05) is 0 Å². The lowest BCUT2D eigenvalue weighted by atomic mass is 10.1. The zero-order valence-electron chi connectivity index (χ0n) is 13.3. The van der Waals surface area contributed by atoms with Crippen molar-refractivity contribution in [1.82, 2.24) is 4.72 Å². The Morgan fingerprint density at radius 3 is 2.43 bits per heavy atom. The molecule has 0 aliphatic heterocycles. The molecule has 0 radical (unpaired) electrons. The highest BCUT2D eigenvalue weighted by Gasteiger charge is 2.18. The highest BCUT2D eigenvalue weighted by molar-refractivity contribution is 7.88. The minimum atomic E-state index is -3.48. The van der Waals surface area contributed by atoms with Crippen LogP contribution >= 0.6 is 0 Å². The highest BCUT2D eigenvalue weighted by atomic mass is 32.2. The predicted molar refractivity (Wildman–Crippen MR) is 88.0 cm³/mol. The number of fused-ring (bicyclic) bond motifs is 1. The molecule has 8 heteroatoms. The summed E-state index contributed by atoms with van der Waals surface area (Å²) >= 11 is 0. The quantitative estimate of drug-likeness (QED) is 0.817. The second-order valence-corrected chi connectivity index (χ2v) is 7.29. The zero-order chi connectivity index (χ0) is 17.4. The van der Waals surface area contributed by atoms with Crippen LogP contribution in [0.3, 0.4) is 0 Å². The number of hydrogen-bond acceptors (Lipinski definition) is 5. The largest absolute Gasteiger partial charge is 0.423 e. The SMILES string of the molecule is Cc1cc2oc(=O)cc(C)c2cc1NC(=O)[C@@H](C)NS(C)(=O)=O. The van der Waals surface area contributed by atoms with E-state index < -0.39 is 27.6 Å². The van der Waals surface area contributed by atoms with Gasteiger partial charge in [0.25, 0.3) is 0 Å². The summed E-state index contributed by atoms with van der Waals surface area (Å²) in [5.41, 5.74) is 1.96. The van der Waals surface area contributed by atoms with Crippen molar-refractivity contribution < 1.29 is 17.6 Å². The van der Waals surface area contributed by atoms with Gasteiger partial charge in [0.2, 0.25) is 15.9 Å². The number of amides is 1. The van der Waals surface area contributed by atoms with E-state index in [9.17, 15) is 18.0 Å². The molecule has 2 rings (SSSR count). The molecule has 0 aliphatic rings. The Kier molecular flexibility index (Phi) is 4.58. The summed E-state index contributed by atoms with van der Waals surface area (Å²) in [6.45, 7) is 4.98. The van der Waals surface area contributed by atoms with E-state index in [1.165, 1.54) is 13.0 Å². The summed E-state index contributed by atoms with van der Waals surface area (Å²) in [4.78, 5) is 23.5. The van der Waals surface area contributed by atoms with Gasteiger partial charge >= 0.3 is 5.63 Å². The molecule has 2 N–H and O–H groups in total. The topological polar surface area (TPSA) is 105 Å². The van der Waals surface area contributed by atoms with Crippen LogP contribution in [0.4, 0.5) is 5.69 Å². The summed E-state index contributed by atoms with van der Waals surface area (Å²) in [5, 5.41) is 3.38. The first-order valence-electron chi connectivity index (χ1n) is 6.90. The Morgan fingerprint density at radius 2 is 1.83 bits per heavy atom. The van der Waals surface area contributed by atoms with Crippen molar-refractivity contribution in [3.63, 3.8) is 0 Å². The van der Waals surface area contributed by atoms with Crippen molar-refractivity contribution in [3.8, 4) is 0 Å². The maximum atomic E-state index is 12.1. The van der Waals surface area contributed by atoms with E-state index in [1.807, 2.05) is 0 Å². The van der Waals surface area contributed by atoms with Crippen molar-refractivity contribution in [2.24, 2.45) is 0 Å². The zero-order valence-corrected chi connectivity index (χ0v) is 14.1. The average molecular weight is 338 g/mol. The molecule has 1 atom stereocenters. The lowest BCUT2D eigenvalue weighted by Crippen LogP contribution is -2.41. The number of carbonyl (C=O) groups excluding carboxylic acids is 1. The molecule has 1 heterocycles. The van der Waals surface area contributed by atoms with Crippen LogP contribution in [0.2, 0.25) is 0 Å². The summed E-state index contributed by atoms with van der Waals surface area (Å²) in [7, 11) is -3.48. The third kappa shape index (κ3) is 4.17. The molecule has 0 spiro atoms. The Hall–Kier alpha value is -2.19. The average Bonchev–Trinajstić information content (AvgIpc) is 2.38. The molecule has 0 saturated heterocycles. The van der Waals surface area contributed by atoms with Crippen LogP contribution in [0, 0.1) is 13.8 Å². The Labute approximate surface area is 133 Å². The number of aryl methyl sites for hydroxylation is 2. The standard InChI is InChI=1S/C15H18N2O5S/c1-8-6-14(18)22-13-5-9(2)12(7-11(8)13)16-15(19)10(3)17-23(4,20)21/h5-7,10,17H,1-4H3,(H,16,19)/t10-/m1/s1. The molecule has 0 aliphatic carbocycles. The minimum Gasteiger partial charge on any atom is -0.423 e. The lowest BCUT2D eigenvalue weighted by Gasteiger charge is -2.15. The van der Waals surface area contributed by atoms with E-state index in [2.05, 4.69) is 10.0 Å². The number of hydrogen-bond donors (Lipinski definition) is 2. The Balaban J connectivity index is 2.35. The molecule has 1 amide bonds. The van der Waals surface area contributed by atoms with Crippen molar-refractivity contribution in [2.75, 3.05) is 11.6 Å². The molecule has 2 aromatic rings. The van der Waals surface area contributed by atoms with Crippen molar-refractivity contribution in [3.05, 3.63) is 39.7 Å². The van der Waals surface area contributed by atoms with E-state index in [0.717, 1.165) is 11.8 Å². The number of anilines is 1. The predicted octanol–water partition coefficient (Wildman–Crippen LogP) is 1.29. The number of sulfonamides is 1. The summed E-state index contributed by atoms with van der Waals surface area (Å²) in [5.74, 6) is -0.479. The molecule has 1 aromatic heterocycles. The van der Waals surface area contributed by atoms with E-state index in [1.54, 1.807) is 26.0 Å². The van der Waals surface area contributed by atoms with Crippen LogP contribution in [0.15, 0.2) is 27.4 Å². The maximum absolute atomic E-state index is 12.1. The Morgan fingerprint density at radius 1 is 1.17 bits per heavy atom. The molecule has 0 bridgehead atoms. The fourth-order valence-corrected chi connectivity index (χ4v) is 2.97. The van der Waals surface area contributed by atoms with E-state index in [4.69, 9.17) is 4.42 Å². The van der Waals surface area contributed by atoms with Gasteiger partial charge in [0.15, 0.2) is 0 Å². The maximum Gasteiger partial charge on any atom is 0.336 e. The van der Waals surface area contributed by atoms with Gasteiger partial charge < -0.3 is 9.73 Å². The first kappa shape index (κ1) is 17.2. The first-order valence-corrected chi connectivity index (χ1v) is 8.79. The molecule has 124 valence electrons. The highest BCUT2D eigenvalue weighted by Crippen LogP contribution is 2.25. The first-order chi connectivity index (χ1) is 10.6. The van der Waals surface area contributed by atoms with Crippen molar-refractivity contribution in [2.45, 2.75) is 26.8 Å². The van der Waals surface area contributed by atoms with Gasteiger partial charge in [-0.25, -0.2) is 17.9 Å². The van der Waals surface area contributed by atoms with Crippen LogP contribution in [0.25, 0.3) is 11.0 Å². The third-order valence-corrected chi connectivity index (χ3v) is 4.12. The lowest BCUT2D eigenvalue weighted by molar-refractivity contribution is -0.117. The van der Waals surface area contributed by atoms with Gasteiger partial charge in [-0.2, -0.15) is 0 Å². The van der Waals surface area contributed by atoms with Crippen LogP contribution in [0.1, 0.15) is 18.1 Å². The van der Waals surface area contributed by atoms with E-state index in [-0.39, 0.29) is 0 Å². The monoisotopic (exact) mass is 338 g/mol. The second-order valence-electron chi connectivity index (χ2n) is 5.51. The van der Waals surface area contributed by atoms with Gasteiger partial charge in [-0.15, -0.1) is 0 Å². The van der Waals surface area contributed by atoms with Crippen LogP contribution in [0.5, 0.6) is 0 Å². The van der Waals surface area contributed by atoms with Crippen LogP contribution < -0.4 is 15.7 Å². The normalized spacial score (nSPS) is 13.0. The van der Waals surface area contributed by atoms with Crippen molar-refractivity contribution >= 4 is 32.6 Å². The number of benzene rings is 1. The third-order valence-electron chi connectivity index (χ3n) is 3.34. The van der Waals surface area contributed by atoms with E-state index >= 15 is 0 Å². The van der Waals surface area contributed by atoms with Gasteiger partial charge in [-0.05, 0) is 44.0 Å². The number of carbonyl (C=O) groups is 1. The van der Waals surface area contributed by atoms with Gasteiger partial charge in [0, 0.05) is 17.1 Å². The molecule has 0 saturated carbocycles. The van der Waals surface area contributed by atoms with Gasteiger partial charge in [0.05, 0.1) is 12.3 Å². The summed E-state index contributed by atoms with van der Waals surface area (Å²) in [6, 6.07) is 3.83. The molecule has 0 unspecified atom stereocenters. The smallest absolute Gasteiger partial charge is 0.336 e. The van der Waals surface area contributed by atoms with Gasteiger partial charge in [-0.3, -0.25) is 4.79 Å². The Bertz CT molecular complexity index is 931. The van der Waals surface area contributed by atoms with Crippen molar-refractivity contribution in [1.29, 1.82) is 0 Å². The summed E-state index contributed by atoms with van der Waals surface area (Å²) in [6.07, 6.45) is 0.990. The number of nitrogens with one attached hydrogen (secondary N) is 2. The summed E-state index contributed by atoms with van der Waals surface area (Å²) < 4.78 is 29.7. The molecular formula is C15H18N2O5S. The van der Waals surface area contributed by atoms with Crippen LogP contribution in [-0.2, 0) is 14.8 Å². The minimum absolute atomic E-state index is 0.433. The number of rotatable bonds is 4.